The van der Waals surface area contributed by atoms with E-state index < -0.39 is 137 Å². The van der Waals surface area contributed by atoms with E-state index >= 15 is 0 Å². The molecule has 0 radical (unpaired) electrons. The van der Waals surface area contributed by atoms with E-state index in [4.69, 9.17) is 228 Å². The van der Waals surface area contributed by atoms with Crippen molar-refractivity contribution < 1.29 is 109 Å². The molecule has 644 valence electrons. The van der Waals surface area contributed by atoms with Crippen LogP contribution in [0.2, 0.25) is 0 Å². The van der Waals surface area contributed by atoms with E-state index in [0.717, 1.165) is 0 Å². The molecule has 0 aromatic heterocycles. The number of hydrogen-bond acceptors (Lipinski definition) is 38. The molecule has 0 heterocycles. The van der Waals surface area contributed by atoms with E-state index in [1.54, 1.807) is 27.7 Å². The average molecular weight is 1740 g/mol. The number of carbonyl (C=O) groups excluding carboxylic acids is 4. The Morgan fingerprint density at radius 3 is 0.757 bits per heavy atom. The Morgan fingerprint density at radius 2 is 0.523 bits per heavy atom. The monoisotopic (exact) mass is 1740 g/mol. The van der Waals surface area contributed by atoms with Gasteiger partial charge in [-0.05, 0) is 153 Å². The van der Waals surface area contributed by atoms with Gasteiger partial charge in [-0.25, -0.2) is 0 Å². The number of nitrogens with one attached hydrogen (secondary N) is 8. The van der Waals surface area contributed by atoms with Crippen LogP contribution in [0.4, 0.5) is 0 Å². The Bertz CT molecular complexity index is 2640. The molecule has 0 amide bonds. The first-order valence-electron chi connectivity index (χ1n) is 35.8. The molecule has 0 aromatic carbocycles. The van der Waals surface area contributed by atoms with Crippen molar-refractivity contribution in [3.63, 3.8) is 0 Å². The zero-order valence-electron chi connectivity index (χ0n) is 65.2. The first-order chi connectivity index (χ1) is 52.8. The van der Waals surface area contributed by atoms with Crippen molar-refractivity contribution in [1.82, 2.24) is 42.5 Å². The molecule has 0 saturated heterocycles. The number of carbonyl (C=O) groups is 4. The minimum Gasteiger partial charge on any atom is -0.470 e. The molecule has 0 bridgehead atoms. The van der Waals surface area contributed by atoms with Crippen LogP contribution < -0.4 is 82.7 Å². The summed E-state index contributed by atoms with van der Waals surface area (Å²) < 4.78 is 111. The molecular weight excluding hydrogens is 1620 g/mol. The summed E-state index contributed by atoms with van der Waals surface area (Å²) in [4.78, 5) is 59.5. The second-order valence-electron chi connectivity index (χ2n) is 25.8. The Morgan fingerprint density at radius 1 is 0.297 bits per heavy atom. The quantitative estimate of drug-likeness (QED) is 0.0125. The van der Waals surface area contributed by atoms with Crippen molar-refractivity contribution in [3.8, 4) is 0 Å². The molecule has 7 atom stereocenters. The molecule has 111 heavy (non-hydrogen) atoms. The van der Waals surface area contributed by atoms with Gasteiger partial charge in [0.05, 0.1) is 92.5 Å². The highest BCUT2D eigenvalue weighted by atomic mass is 32.1. The molecule has 38 nitrogen and oxygen atoms in total. The van der Waals surface area contributed by atoms with Crippen molar-refractivity contribution in [2.45, 2.75) is 91.8 Å². The Hall–Kier alpha value is -5.16. The van der Waals surface area contributed by atoms with Crippen molar-refractivity contribution in [1.29, 1.82) is 0 Å². The number of ether oxygens (including phenoxy) is 19. The van der Waals surface area contributed by atoms with E-state index in [2.05, 4.69) is 42.5 Å². The number of thiocarbonyl (C=S) groups is 8. The number of rotatable bonds is 62. The van der Waals surface area contributed by atoms with Gasteiger partial charge in [0.2, 0.25) is 0 Å². The second kappa shape index (κ2) is 63.1. The second-order valence-corrected chi connectivity index (χ2v) is 28.8. The van der Waals surface area contributed by atoms with Crippen LogP contribution in [-0.4, -0.2) is 333 Å². The molecule has 0 fully saturated rings. The summed E-state index contributed by atoms with van der Waals surface area (Å²) in [6, 6.07) is -1.33. The van der Waals surface area contributed by atoms with Gasteiger partial charge in [0.25, 0.3) is 41.4 Å². The van der Waals surface area contributed by atoms with E-state index in [1.165, 1.54) is 34.7 Å². The maximum absolute atomic E-state index is 15.0. The summed E-state index contributed by atoms with van der Waals surface area (Å²) in [5, 5.41) is 22.2. The lowest BCUT2D eigenvalue weighted by Gasteiger charge is -2.32. The minimum absolute atomic E-state index is 0.104. The average Bonchev–Trinajstić information content (AvgIpc) is 0.852. The molecule has 0 rings (SSSR count). The number of esters is 4. The third-order valence-electron chi connectivity index (χ3n) is 14.6. The van der Waals surface area contributed by atoms with Crippen LogP contribution >= 0.6 is 97.7 Å². The molecular formula is C65H123N15O23S8. The maximum atomic E-state index is 15.0. The minimum atomic E-state index is -1.79. The molecule has 0 spiro atoms. The van der Waals surface area contributed by atoms with E-state index in [-0.39, 0.29) is 151 Å². The molecule has 46 heteroatoms. The van der Waals surface area contributed by atoms with E-state index in [9.17, 15) is 19.2 Å². The topological polar surface area (TPSA) is 522 Å². The lowest BCUT2D eigenvalue weighted by atomic mass is 9.93. The van der Waals surface area contributed by atoms with Gasteiger partial charge in [-0.2, -0.15) is 0 Å². The largest absolute Gasteiger partial charge is 0.470 e. The van der Waals surface area contributed by atoms with Gasteiger partial charge in [-0.15, -0.1) is 0 Å². The van der Waals surface area contributed by atoms with Gasteiger partial charge < -0.3 is 173 Å². The predicted octanol–water partition coefficient (Wildman–Crippen LogP) is -2.94. The van der Waals surface area contributed by atoms with Crippen molar-refractivity contribution >= 4 is 163 Å². The fourth-order valence-corrected chi connectivity index (χ4v) is 9.18. The lowest BCUT2D eigenvalue weighted by Crippen LogP contribution is -2.48. The number of nitrogens with two attached hydrogens (primary N) is 7. The standard InChI is InChI=1S/C65H123N15O23S8/c1-44(28-69)77-58(108)98-38-63(6,39-99-59(109)78-45(2)29-70)51(82)93-35-49(103-53(84)65(8,42-100-60(110)79-46(3)30-71)43-101-61(111)80-47(4)31-72)33-91-32-48(102-52(83)64(7,40-94-54(104)73-9)41-97-57(107)76-15-21-90-27-24-87-18-12-68)34-92-50(81)62(5,36-95-55(105)74-13-19-88-25-22-85-16-10-66)37-96-56(106)75-14-20-89-26-23-86-17-11-67/h44-49H,10-43,66-72H2,1-9H3,(H,73,104)(H,74,105)(H,75,106)(H,76,107)(H,77,108)(H,78,109)(H,79,110)(H,80,111). The van der Waals surface area contributed by atoms with E-state index in [0.29, 0.717) is 59.3 Å². The SMILES string of the molecule is CNC(=S)OCC(C)(COC(=S)NCCOCCOCCN)C(=O)OC(COCC(COC(=O)C(C)(COC(=S)NC(C)CN)COC(=S)NC(C)CN)OC(=O)C(C)(COC(=S)NC(C)CN)COC(=S)NC(C)CN)COC(=O)C(C)(COC(=S)NCCOCCOCCN)COC(=S)NCCOCCOCCN. The normalized spacial score (nSPS) is 14.4. The summed E-state index contributed by atoms with van der Waals surface area (Å²) in [7, 11) is 1.50. The summed E-state index contributed by atoms with van der Waals surface area (Å²) >= 11 is 43.5. The van der Waals surface area contributed by atoms with Gasteiger partial charge >= 0.3 is 23.9 Å². The van der Waals surface area contributed by atoms with Gasteiger partial charge in [-0.1, -0.05) is 0 Å². The van der Waals surface area contributed by atoms with Crippen molar-refractivity contribution in [2.75, 3.05) is 231 Å². The van der Waals surface area contributed by atoms with Crippen LogP contribution in [0.1, 0.15) is 55.4 Å². The smallest absolute Gasteiger partial charge is 0.319 e. The summed E-state index contributed by atoms with van der Waals surface area (Å²) in [6.07, 6.45) is -3.16. The third-order valence-corrected chi connectivity index (χ3v) is 16.7. The first-order valence-corrected chi connectivity index (χ1v) is 39.0. The first kappa shape index (κ1) is 106. The highest BCUT2D eigenvalue weighted by Crippen LogP contribution is 2.27. The van der Waals surface area contributed by atoms with Gasteiger partial charge in [0, 0.05) is 96.7 Å². The fourth-order valence-electron chi connectivity index (χ4n) is 7.60. The van der Waals surface area contributed by atoms with E-state index in [1.807, 2.05) is 0 Å². The molecule has 7 unspecified atom stereocenters. The van der Waals surface area contributed by atoms with Crippen LogP contribution in [0.3, 0.4) is 0 Å². The molecule has 0 aliphatic carbocycles. The summed E-state index contributed by atoms with van der Waals surface area (Å²) in [5.41, 5.74) is 32.8. The summed E-state index contributed by atoms with van der Waals surface area (Å²) in [5.74, 6) is -4.00. The van der Waals surface area contributed by atoms with Crippen LogP contribution in [0, 0.1) is 21.7 Å². The highest BCUT2D eigenvalue weighted by molar-refractivity contribution is 7.81. The summed E-state index contributed by atoms with van der Waals surface area (Å²) in [6.45, 7) is 12.1. The zero-order chi connectivity index (χ0) is 83.5. The third kappa shape index (κ3) is 51.4. The molecule has 0 aromatic rings. The van der Waals surface area contributed by atoms with Gasteiger partial charge in [0.15, 0.2) is 12.2 Å². The van der Waals surface area contributed by atoms with Crippen molar-refractivity contribution in [2.24, 2.45) is 61.8 Å². The highest BCUT2D eigenvalue weighted by Gasteiger charge is 2.44. The van der Waals surface area contributed by atoms with Crippen LogP contribution in [-0.2, 0) is 109 Å². The van der Waals surface area contributed by atoms with Gasteiger partial charge in [0.1, 0.15) is 87.7 Å². The van der Waals surface area contributed by atoms with Gasteiger partial charge in [-0.3, -0.25) is 19.2 Å². The maximum Gasteiger partial charge on any atom is 0.319 e. The molecule has 0 aliphatic heterocycles. The predicted molar refractivity (Wildman–Crippen MR) is 445 cm³/mol. The Balaban J connectivity index is 8.09. The van der Waals surface area contributed by atoms with Crippen LogP contribution in [0.25, 0.3) is 0 Å². The zero-order valence-corrected chi connectivity index (χ0v) is 71.7. The Labute approximate surface area is 695 Å². The van der Waals surface area contributed by atoms with Crippen LogP contribution in [0.5, 0.6) is 0 Å². The lowest BCUT2D eigenvalue weighted by molar-refractivity contribution is -0.184. The fraction of sp³-hybridized carbons (Fsp3) is 0.815. The number of hydrogen-bond donors (Lipinski definition) is 15. The van der Waals surface area contributed by atoms with Crippen molar-refractivity contribution in [3.05, 3.63) is 0 Å². The molecule has 22 N–H and O–H groups in total. The Kier molecular flexibility index (Phi) is 60.2. The molecule has 0 aliphatic rings. The molecule has 0 saturated carbocycles. The van der Waals surface area contributed by atoms with Crippen LogP contribution in [0.15, 0.2) is 0 Å².